The van der Waals surface area contributed by atoms with E-state index in [-0.39, 0.29) is 11.6 Å². The van der Waals surface area contributed by atoms with Crippen molar-refractivity contribution in [2.75, 3.05) is 4.90 Å². The molecule has 1 aliphatic heterocycles. The molecular weight excluding hydrogens is 498 g/mol. The third kappa shape index (κ3) is 4.08. The van der Waals surface area contributed by atoms with E-state index in [4.69, 9.17) is 12.2 Å². The van der Waals surface area contributed by atoms with E-state index in [1.54, 1.807) is 12.1 Å². The van der Waals surface area contributed by atoms with Crippen LogP contribution in [0.25, 0.3) is 11.8 Å². The first kappa shape index (κ1) is 21.5. The summed E-state index contributed by atoms with van der Waals surface area (Å²) in [6.45, 7) is 4.02. The third-order valence-electron chi connectivity index (χ3n) is 4.93. The SMILES string of the molecule is Cc1cc(/C=C2/SC(=S)N(c3cccc([N+](=O)[O-])c3)C2=O)c(C)n1-c1ccc(Br)cc1. The van der Waals surface area contributed by atoms with Crippen LogP contribution in [-0.2, 0) is 4.79 Å². The maximum Gasteiger partial charge on any atom is 0.271 e. The third-order valence-corrected chi connectivity index (χ3v) is 6.76. The number of non-ortho nitro benzene ring substituents is 1. The summed E-state index contributed by atoms with van der Waals surface area (Å²) >= 11 is 10.0. The van der Waals surface area contributed by atoms with Gasteiger partial charge in [0.15, 0.2) is 4.32 Å². The number of thioether (sulfide) groups is 1. The van der Waals surface area contributed by atoms with Crippen molar-refractivity contribution in [3.05, 3.63) is 91.0 Å². The summed E-state index contributed by atoms with van der Waals surface area (Å²) < 4.78 is 3.47. The van der Waals surface area contributed by atoms with Gasteiger partial charge in [-0.3, -0.25) is 19.8 Å². The number of nitrogens with zero attached hydrogens (tertiary/aromatic N) is 3. The predicted octanol–water partition coefficient (Wildman–Crippen LogP) is 6.17. The first-order chi connectivity index (χ1) is 14.8. The van der Waals surface area contributed by atoms with Crippen LogP contribution in [0.3, 0.4) is 0 Å². The van der Waals surface area contributed by atoms with Gasteiger partial charge in [0.2, 0.25) is 0 Å². The maximum atomic E-state index is 13.1. The molecule has 4 rings (SSSR count). The monoisotopic (exact) mass is 513 g/mol. The molecule has 0 unspecified atom stereocenters. The van der Waals surface area contributed by atoms with E-state index in [1.807, 2.05) is 50.3 Å². The van der Waals surface area contributed by atoms with Crippen molar-refractivity contribution in [3.63, 3.8) is 0 Å². The Morgan fingerprint density at radius 2 is 1.81 bits per heavy atom. The smallest absolute Gasteiger partial charge is 0.271 e. The summed E-state index contributed by atoms with van der Waals surface area (Å²) in [7, 11) is 0. The lowest BCUT2D eigenvalue weighted by molar-refractivity contribution is -0.384. The number of anilines is 1. The molecule has 2 aromatic carbocycles. The van der Waals surface area contributed by atoms with Gasteiger partial charge < -0.3 is 4.57 Å². The summed E-state index contributed by atoms with van der Waals surface area (Å²) in [6, 6.07) is 16.0. The molecule has 0 N–H and O–H groups in total. The molecule has 0 saturated carbocycles. The number of hydrogen-bond donors (Lipinski definition) is 0. The Morgan fingerprint density at radius 1 is 1.10 bits per heavy atom. The van der Waals surface area contributed by atoms with Gasteiger partial charge in [0, 0.05) is 33.7 Å². The van der Waals surface area contributed by atoms with E-state index in [1.165, 1.54) is 28.8 Å². The standard InChI is InChI=1S/C22H16BrN3O3S2/c1-13-10-15(14(2)24(13)17-8-6-16(23)7-9-17)11-20-21(27)25(22(30)31-20)18-4-3-5-19(12-18)26(28)29/h3-12H,1-2H3/b20-11+. The summed E-state index contributed by atoms with van der Waals surface area (Å²) in [5.41, 5.74) is 4.29. The normalized spacial score (nSPS) is 15.2. The van der Waals surface area contributed by atoms with Crippen LogP contribution < -0.4 is 4.90 Å². The molecule has 156 valence electrons. The van der Waals surface area contributed by atoms with Gasteiger partial charge in [-0.2, -0.15) is 0 Å². The van der Waals surface area contributed by atoms with E-state index in [2.05, 4.69) is 20.5 Å². The van der Waals surface area contributed by atoms with Gasteiger partial charge in [-0.05, 0) is 61.9 Å². The number of nitro benzene ring substituents is 1. The molecule has 2 heterocycles. The highest BCUT2D eigenvalue weighted by Gasteiger charge is 2.34. The van der Waals surface area contributed by atoms with Crippen molar-refractivity contribution in [2.45, 2.75) is 13.8 Å². The number of hydrogen-bond acceptors (Lipinski definition) is 5. The fourth-order valence-corrected chi connectivity index (χ4v) is 5.05. The van der Waals surface area contributed by atoms with Crippen LogP contribution >= 0.6 is 39.9 Å². The molecule has 31 heavy (non-hydrogen) atoms. The fourth-order valence-electron chi connectivity index (χ4n) is 3.50. The van der Waals surface area contributed by atoms with Gasteiger partial charge in [0.25, 0.3) is 11.6 Å². The molecule has 0 atom stereocenters. The molecule has 9 heteroatoms. The van der Waals surface area contributed by atoms with Crippen LogP contribution in [-0.4, -0.2) is 19.7 Å². The van der Waals surface area contributed by atoms with Crippen LogP contribution in [0.1, 0.15) is 17.0 Å². The molecule has 0 spiro atoms. The average molecular weight is 514 g/mol. The quantitative estimate of drug-likeness (QED) is 0.180. The number of nitro groups is 1. The lowest BCUT2D eigenvalue weighted by Gasteiger charge is -2.13. The Kier molecular flexibility index (Phi) is 5.83. The molecule has 1 fully saturated rings. The minimum Gasteiger partial charge on any atom is -0.318 e. The van der Waals surface area contributed by atoms with Crippen molar-refractivity contribution >= 4 is 67.6 Å². The summed E-state index contributed by atoms with van der Waals surface area (Å²) in [5, 5.41) is 11.1. The maximum absolute atomic E-state index is 13.1. The highest BCUT2D eigenvalue weighted by atomic mass is 79.9. The highest BCUT2D eigenvalue weighted by molar-refractivity contribution is 9.10. The molecular formula is C22H16BrN3O3S2. The van der Waals surface area contributed by atoms with Crippen LogP contribution in [0.15, 0.2) is 64.0 Å². The predicted molar refractivity (Wildman–Crippen MR) is 132 cm³/mol. The minimum absolute atomic E-state index is 0.0893. The zero-order chi connectivity index (χ0) is 22.3. The minimum atomic E-state index is -0.492. The van der Waals surface area contributed by atoms with Gasteiger partial charge >= 0.3 is 0 Å². The van der Waals surface area contributed by atoms with Gasteiger partial charge in [0.05, 0.1) is 15.5 Å². The Morgan fingerprint density at radius 3 is 2.48 bits per heavy atom. The molecule has 0 aliphatic carbocycles. The van der Waals surface area contributed by atoms with Crippen molar-refractivity contribution in [1.29, 1.82) is 0 Å². The fraction of sp³-hybridized carbons (Fsp3) is 0.0909. The summed E-state index contributed by atoms with van der Waals surface area (Å²) in [4.78, 5) is 25.5. The van der Waals surface area contributed by atoms with Gasteiger partial charge in [-0.1, -0.05) is 46.0 Å². The van der Waals surface area contributed by atoms with Crippen LogP contribution in [0, 0.1) is 24.0 Å². The van der Waals surface area contributed by atoms with Crippen molar-refractivity contribution in [1.82, 2.24) is 4.57 Å². The van der Waals surface area contributed by atoms with Crippen molar-refractivity contribution in [3.8, 4) is 5.69 Å². The highest BCUT2D eigenvalue weighted by Crippen LogP contribution is 2.37. The van der Waals surface area contributed by atoms with Crippen molar-refractivity contribution in [2.24, 2.45) is 0 Å². The largest absolute Gasteiger partial charge is 0.318 e. The second kappa shape index (κ2) is 8.41. The molecule has 1 saturated heterocycles. The number of aromatic nitrogens is 1. The lowest BCUT2D eigenvalue weighted by Crippen LogP contribution is -2.27. The molecule has 3 aromatic rings. The number of carbonyl (C=O) groups is 1. The Balaban J connectivity index is 1.69. The summed E-state index contributed by atoms with van der Waals surface area (Å²) in [5.74, 6) is -0.288. The number of thiocarbonyl (C=S) groups is 1. The number of rotatable bonds is 4. The van der Waals surface area contributed by atoms with Crippen LogP contribution in [0.5, 0.6) is 0 Å². The average Bonchev–Trinajstić information content (AvgIpc) is 3.17. The number of halogens is 1. The summed E-state index contributed by atoms with van der Waals surface area (Å²) in [6.07, 6.45) is 1.83. The van der Waals surface area contributed by atoms with Crippen LogP contribution in [0.2, 0.25) is 0 Å². The number of benzene rings is 2. The first-order valence-electron chi connectivity index (χ1n) is 9.23. The van der Waals surface area contributed by atoms with Gasteiger partial charge in [-0.15, -0.1) is 0 Å². The van der Waals surface area contributed by atoms with E-state index < -0.39 is 4.92 Å². The first-order valence-corrected chi connectivity index (χ1v) is 11.3. The number of aryl methyl sites for hydroxylation is 1. The van der Waals surface area contributed by atoms with Crippen molar-refractivity contribution < 1.29 is 9.72 Å². The molecule has 1 aliphatic rings. The zero-order valence-corrected chi connectivity index (χ0v) is 19.8. The topological polar surface area (TPSA) is 68.4 Å². The Hall–Kier alpha value is -2.75. The van der Waals surface area contributed by atoms with E-state index in [0.717, 1.165) is 27.1 Å². The molecule has 0 radical (unpaired) electrons. The molecule has 0 bridgehead atoms. The zero-order valence-electron chi connectivity index (χ0n) is 16.5. The van der Waals surface area contributed by atoms with Gasteiger partial charge in [0.1, 0.15) is 0 Å². The Labute approximate surface area is 196 Å². The lowest BCUT2D eigenvalue weighted by atomic mass is 10.2. The Bertz CT molecular complexity index is 1270. The van der Waals surface area contributed by atoms with E-state index in [0.29, 0.717) is 14.9 Å². The van der Waals surface area contributed by atoms with E-state index >= 15 is 0 Å². The second-order valence-corrected chi connectivity index (χ2v) is 9.52. The van der Waals surface area contributed by atoms with Crippen LogP contribution in [0.4, 0.5) is 11.4 Å². The molecule has 1 aromatic heterocycles. The second-order valence-electron chi connectivity index (χ2n) is 6.93. The number of amides is 1. The molecule has 6 nitrogen and oxygen atoms in total. The van der Waals surface area contributed by atoms with Gasteiger partial charge in [-0.25, -0.2) is 0 Å². The number of carbonyl (C=O) groups excluding carboxylic acids is 1. The van der Waals surface area contributed by atoms with E-state index in [9.17, 15) is 14.9 Å². The molecule has 1 amide bonds.